The lowest BCUT2D eigenvalue weighted by atomic mass is 9.82. The lowest BCUT2D eigenvalue weighted by Gasteiger charge is -2.32. The third-order valence-electron chi connectivity index (χ3n) is 11.0. The average Bonchev–Trinajstić information content (AvgIpc) is 3.54. The Morgan fingerprint density at radius 1 is 0.681 bits per heavy atom. The zero-order valence-electron chi connectivity index (χ0n) is 26.5. The van der Waals surface area contributed by atoms with E-state index >= 15 is 0 Å². The molecule has 0 spiro atoms. The first kappa shape index (κ1) is 27.2. The molecule has 0 saturated carbocycles. The molecule has 10 rings (SSSR count). The van der Waals surface area contributed by atoms with E-state index in [0.717, 1.165) is 29.9 Å². The highest BCUT2D eigenvalue weighted by molar-refractivity contribution is 7.19. The Morgan fingerprint density at radius 2 is 1.40 bits per heavy atom. The summed E-state index contributed by atoms with van der Waals surface area (Å²) in [6, 6.07) is 47.6. The van der Waals surface area contributed by atoms with Crippen LogP contribution in [0.1, 0.15) is 64.9 Å². The van der Waals surface area contributed by atoms with Gasteiger partial charge in [-0.3, -0.25) is 0 Å². The monoisotopic (exact) mass is 622 g/mol. The Morgan fingerprint density at radius 3 is 2.30 bits per heavy atom. The predicted molar refractivity (Wildman–Crippen MR) is 198 cm³/mol. The average molecular weight is 623 g/mol. The molecule has 0 bridgehead atoms. The summed E-state index contributed by atoms with van der Waals surface area (Å²) in [7, 11) is 0. The SMILES string of the molecule is CC1(C)c2ccccc2-c2cc(C3=Nc4c(sc5ccccc45)C(C4CCc5cc6ccccc6cc5-c5ccccc54)N3)ccc21. The Bertz CT molecular complexity index is 2440. The fourth-order valence-corrected chi connectivity index (χ4v) is 9.92. The molecule has 1 N–H and O–H groups in total. The summed E-state index contributed by atoms with van der Waals surface area (Å²) in [6.45, 7) is 4.69. The van der Waals surface area contributed by atoms with Crippen molar-refractivity contribution in [2.45, 2.75) is 44.1 Å². The van der Waals surface area contributed by atoms with Crippen molar-refractivity contribution in [1.82, 2.24) is 5.32 Å². The van der Waals surface area contributed by atoms with E-state index in [1.165, 1.54) is 70.2 Å². The first-order chi connectivity index (χ1) is 23.0. The summed E-state index contributed by atoms with van der Waals surface area (Å²) < 4.78 is 1.30. The van der Waals surface area contributed by atoms with Gasteiger partial charge < -0.3 is 5.32 Å². The van der Waals surface area contributed by atoms with E-state index in [0.29, 0.717) is 0 Å². The molecule has 1 aliphatic heterocycles. The van der Waals surface area contributed by atoms with Crippen molar-refractivity contribution in [2.75, 3.05) is 0 Å². The highest BCUT2D eigenvalue weighted by Gasteiger charge is 2.38. The van der Waals surface area contributed by atoms with Crippen LogP contribution >= 0.6 is 11.3 Å². The normalized spacial score (nSPS) is 18.7. The quantitative estimate of drug-likeness (QED) is 0.204. The van der Waals surface area contributed by atoms with E-state index in [1.807, 2.05) is 11.3 Å². The fraction of sp³-hybridized carbons (Fsp3) is 0.159. The van der Waals surface area contributed by atoms with Crippen LogP contribution in [0.25, 0.3) is 43.1 Å². The number of thiophene rings is 1. The largest absolute Gasteiger partial charge is 0.361 e. The summed E-state index contributed by atoms with van der Waals surface area (Å²) in [6.07, 6.45) is 2.10. The van der Waals surface area contributed by atoms with Crippen LogP contribution in [0.5, 0.6) is 0 Å². The van der Waals surface area contributed by atoms with Gasteiger partial charge in [0.25, 0.3) is 0 Å². The molecule has 47 heavy (non-hydrogen) atoms. The molecule has 1 aromatic heterocycles. The minimum absolute atomic E-state index is 0.0185. The molecule has 2 heterocycles. The number of aliphatic imine (C=N–C) groups is 1. The maximum atomic E-state index is 5.44. The van der Waals surface area contributed by atoms with Gasteiger partial charge in [0.05, 0.1) is 16.6 Å². The second-order valence-corrected chi connectivity index (χ2v) is 15.0. The molecule has 3 aliphatic rings. The molecule has 0 fully saturated rings. The van der Waals surface area contributed by atoms with Gasteiger partial charge in [-0.05, 0) is 86.3 Å². The third kappa shape index (κ3) is 3.99. The molecular formula is C44H34N2S. The molecule has 7 aromatic rings. The van der Waals surface area contributed by atoms with Gasteiger partial charge in [-0.25, -0.2) is 4.99 Å². The van der Waals surface area contributed by atoms with Crippen molar-refractivity contribution in [3.63, 3.8) is 0 Å². The minimum atomic E-state index is -0.0185. The second kappa shape index (κ2) is 10.0. The topological polar surface area (TPSA) is 24.4 Å². The van der Waals surface area contributed by atoms with Crippen molar-refractivity contribution in [3.8, 4) is 22.3 Å². The number of hydrogen-bond donors (Lipinski definition) is 1. The molecule has 0 radical (unpaired) electrons. The molecule has 0 saturated heterocycles. The predicted octanol–water partition coefficient (Wildman–Crippen LogP) is 11.5. The van der Waals surface area contributed by atoms with E-state index in [-0.39, 0.29) is 17.4 Å². The van der Waals surface area contributed by atoms with Crippen LogP contribution in [0.2, 0.25) is 0 Å². The zero-order valence-corrected chi connectivity index (χ0v) is 27.4. The van der Waals surface area contributed by atoms with Crippen molar-refractivity contribution < 1.29 is 0 Å². The fourth-order valence-electron chi connectivity index (χ4n) is 8.66. The summed E-state index contributed by atoms with van der Waals surface area (Å²) in [5.74, 6) is 1.26. The number of aryl methyl sites for hydroxylation is 1. The first-order valence-corrected chi connectivity index (χ1v) is 17.6. The van der Waals surface area contributed by atoms with Crippen LogP contribution in [0.3, 0.4) is 0 Å². The standard InChI is InChI=1S/C44H34N2S/c1-44(2)37-17-9-7-15-32(37)36-25-29(20-22-38(36)44)43-45-40(42-41(46-43)34-16-8-10-18-39(34)47-42)33-21-19-28-23-26-11-3-4-12-27(26)24-35(28)31-14-6-5-13-30(31)33/h3-18,20,22-25,33,40H,19,21H2,1-2H3,(H,45,46). The van der Waals surface area contributed by atoms with Gasteiger partial charge in [-0.1, -0.05) is 123 Å². The zero-order chi connectivity index (χ0) is 31.3. The van der Waals surface area contributed by atoms with Gasteiger partial charge in [-0.2, -0.15) is 0 Å². The number of nitrogens with one attached hydrogen (secondary N) is 1. The second-order valence-electron chi connectivity index (χ2n) is 13.9. The first-order valence-electron chi connectivity index (χ1n) is 16.8. The van der Waals surface area contributed by atoms with Gasteiger partial charge in [0.15, 0.2) is 0 Å². The van der Waals surface area contributed by atoms with Gasteiger partial charge >= 0.3 is 0 Å². The van der Waals surface area contributed by atoms with Gasteiger partial charge in [-0.15, -0.1) is 11.3 Å². The summed E-state index contributed by atoms with van der Waals surface area (Å²) in [5, 5.41) is 7.96. The highest BCUT2D eigenvalue weighted by Crippen LogP contribution is 2.53. The number of amidine groups is 1. The van der Waals surface area contributed by atoms with Gasteiger partial charge in [0, 0.05) is 27.0 Å². The highest BCUT2D eigenvalue weighted by atomic mass is 32.1. The van der Waals surface area contributed by atoms with Crippen LogP contribution in [0.4, 0.5) is 5.69 Å². The molecule has 2 atom stereocenters. The Labute approximate surface area is 279 Å². The molecule has 2 nitrogen and oxygen atoms in total. The van der Waals surface area contributed by atoms with E-state index in [2.05, 4.69) is 147 Å². The van der Waals surface area contributed by atoms with Crippen LogP contribution in [-0.2, 0) is 11.8 Å². The molecule has 3 heteroatoms. The number of hydrogen-bond acceptors (Lipinski definition) is 3. The van der Waals surface area contributed by atoms with Crippen LogP contribution in [0, 0.1) is 0 Å². The van der Waals surface area contributed by atoms with Crippen LogP contribution in [0.15, 0.2) is 132 Å². The number of fused-ring (bicyclic) bond motifs is 10. The summed E-state index contributed by atoms with van der Waals surface area (Å²) >= 11 is 1.91. The Balaban J connectivity index is 1.14. The van der Waals surface area contributed by atoms with Crippen molar-refractivity contribution in [3.05, 3.63) is 160 Å². The maximum Gasteiger partial charge on any atom is 0.134 e. The molecule has 2 unspecified atom stereocenters. The van der Waals surface area contributed by atoms with Crippen LogP contribution in [-0.4, -0.2) is 5.84 Å². The number of nitrogens with zero attached hydrogens (tertiary/aromatic N) is 1. The summed E-state index contributed by atoms with van der Waals surface area (Å²) in [5.41, 5.74) is 13.3. The maximum absolute atomic E-state index is 5.44. The third-order valence-corrected chi connectivity index (χ3v) is 12.2. The van der Waals surface area contributed by atoms with Crippen LogP contribution < -0.4 is 5.32 Å². The molecule has 2 aliphatic carbocycles. The Hall–Kier alpha value is -4.99. The van der Waals surface area contributed by atoms with Gasteiger partial charge in [0.2, 0.25) is 0 Å². The van der Waals surface area contributed by atoms with Gasteiger partial charge in [0.1, 0.15) is 5.84 Å². The van der Waals surface area contributed by atoms with E-state index in [9.17, 15) is 0 Å². The molecular weight excluding hydrogens is 589 g/mol. The van der Waals surface area contributed by atoms with E-state index < -0.39 is 0 Å². The molecule has 6 aromatic carbocycles. The van der Waals surface area contributed by atoms with Crippen molar-refractivity contribution in [2.24, 2.45) is 4.99 Å². The van der Waals surface area contributed by atoms with E-state index in [4.69, 9.17) is 4.99 Å². The van der Waals surface area contributed by atoms with Crippen molar-refractivity contribution >= 4 is 43.7 Å². The number of benzene rings is 6. The van der Waals surface area contributed by atoms with E-state index in [1.54, 1.807) is 0 Å². The molecule has 0 amide bonds. The van der Waals surface area contributed by atoms with Crippen molar-refractivity contribution in [1.29, 1.82) is 0 Å². The molecule has 226 valence electrons. The smallest absolute Gasteiger partial charge is 0.134 e. The lowest BCUT2D eigenvalue weighted by molar-refractivity contribution is 0.487. The Kier molecular flexibility index (Phi) is 5.78. The summed E-state index contributed by atoms with van der Waals surface area (Å²) in [4.78, 5) is 6.78. The lowest BCUT2D eigenvalue weighted by Crippen LogP contribution is -2.35. The number of rotatable bonds is 2. The minimum Gasteiger partial charge on any atom is -0.361 e.